The largest absolute Gasteiger partial charge is 0.497 e. The normalized spacial score (nSPS) is 11.9. The Labute approximate surface area is 155 Å². The molecule has 2 aromatic rings. The Bertz CT molecular complexity index is 884. The van der Waals surface area contributed by atoms with Crippen LogP contribution in [0, 0.1) is 17.1 Å². The molecule has 0 aromatic heterocycles. The molecule has 0 saturated heterocycles. The van der Waals surface area contributed by atoms with E-state index in [0.717, 1.165) is 0 Å². The van der Waals surface area contributed by atoms with Gasteiger partial charge in [-0.3, -0.25) is 4.79 Å². The molecule has 0 aliphatic heterocycles. The molecule has 0 aliphatic rings. The predicted molar refractivity (Wildman–Crippen MR) is 97.2 cm³/mol. The van der Waals surface area contributed by atoms with Gasteiger partial charge < -0.3 is 14.8 Å². The Kier molecular flexibility index (Phi) is 6.67. The van der Waals surface area contributed by atoms with Crippen molar-refractivity contribution >= 4 is 23.6 Å². The molecule has 0 heterocycles. The molecule has 0 radical (unpaired) electrons. The SMILES string of the molecule is COc1ccc(/C=C(\C#N)C(=O)OC(C)C(=O)Nc2ccc(F)cc2)cc1. The standard InChI is InChI=1S/C20H17FN2O4/c1-13(19(24)23-17-7-5-16(21)6-8-17)27-20(25)15(12-22)11-14-3-9-18(26-2)10-4-14/h3-11,13H,1-2H3,(H,23,24)/b15-11+. The average molecular weight is 368 g/mol. The van der Waals surface area contributed by atoms with Gasteiger partial charge in [-0.15, -0.1) is 0 Å². The van der Waals surface area contributed by atoms with Crippen LogP contribution in [0.1, 0.15) is 12.5 Å². The number of nitriles is 1. The molecular formula is C20H17FN2O4. The number of carbonyl (C=O) groups excluding carboxylic acids is 2. The Morgan fingerprint density at radius 1 is 1.15 bits per heavy atom. The van der Waals surface area contributed by atoms with Crippen molar-refractivity contribution in [2.45, 2.75) is 13.0 Å². The van der Waals surface area contributed by atoms with Gasteiger partial charge >= 0.3 is 5.97 Å². The maximum atomic E-state index is 12.9. The minimum Gasteiger partial charge on any atom is -0.497 e. The number of anilines is 1. The van der Waals surface area contributed by atoms with Crippen molar-refractivity contribution in [2.75, 3.05) is 12.4 Å². The number of amides is 1. The summed E-state index contributed by atoms with van der Waals surface area (Å²) in [5, 5.41) is 11.7. The van der Waals surface area contributed by atoms with Crippen molar-refractivity contribution < 1.29 is 23.5 Å². The lowest BCUT2D eigenvalue weighted by Gasteiger charge is -2.13. The fourth-order valence-electron chi connectivity index (χ4n) is 2.06. The number of ether oxygens (including phenoxy) is 2. The molecule has 0 aliphatic carbocycles. The van der Waals surface area contributed by atoms with Gasteiger partial charge in [0.25, 0.3) is 5.91 Å². The maximum absolute atomic E-state index is 12.9. The lowest BCUT2D eigenvalue weighted by Crippen LogP contribution is -2.30. The molecular weight excluding hydrogens is 351 g/mol. The number of nitrogens with zero attached hydrogens (tertiary/aromatic N) is 1. The highest BCUT2D eigenvalue weighted by molar-refractivity contribution is 6.01. The predicted octanol–water partition coefficient (Wildman–Crippen LogP) is 3.31. The summed E-state index contributed by atoms with van der Waals surface area (Å²) in [6.07, 6.45) is 0.210. The molecule has 0 saturated carbocycles. The van der Waals surface area contributed by atoms with E-state index in [1.54, 1.807) is 30.3 Å². The molecule has 0 bridgehead atoms. The molecule has 0 fully saturated rings. The van der Waals surface area contributed by atoms with Crippen molar-refractivity contribution in [2.24, 2.45) is 0 Å². The molecule has 2 rings (SSSR count). The Morgan fingerprint density at radius 2 is 1.78 bits per heavy atom. The zero-order valence-corrected chi connectivity index (χ0v) is 14.7. The van der Waals surface area contributed by atoms with Crippen LogP contribution in [-0.4, -0.2) is 25.1 Å². The lowest BCUT2D eigenvalue weighted by atomic mass is 10.1. The second kappa shape index (κ2) is 9.15. The van der Waals surface area contributed by atoms with Crippen molar-refractivity contribution in [3.63, 3.8) is 0 Å². The van der Waals surface area contributed by atoms with Gasteiger partial charge in [0.2, 0.25) is 0 Å². The number of carbonyl (C=O) groups is 2. The van der Waals surface area contributed by atoms with Gasteiger partial charge in [-0.25, -0.2) is 9.18 Å². The summed E-state index contributed by atoms with van der Waals surface area (Å²) in [6, 6.07) is 13.6. The molecule has 27 heavy (non-hydrogen) atoms. The number of rotatable bonds is 6. The van der Waals surface area contributed by atoms with Crippen LogP contribution in [0.2, 0.25) is 0 Å². The van der Waals surface area contributed by atoms with Crippen molar-refractivity contribution in [3.8, 4) is 11.8 Å². The van der Waals surface area contributed by atoms with Crippen LogP contribution in [0.3, 0.4) is 0 Å². The third-order valence-electron chi connectivity index (χ3n) is 3.53. The van der Waals surface area contributed by atoms with E-state index >= 15 is 0 Å². The topological polar surface area (TPSA) is 88.4 Å². The molecule has 138 valence electrons. The van der Waals surface area contributed by atoms with Crippen LogP contribution in [0.15, 0.2) is 54.1 Å². The smallest absolute Gasteiger partial charge is 0.349 e. The minimum absolute atomic E-state index is 0.249. The molecule has 1 amide bonds. The molecule has 1 atom stereocenters. The van der Waals surface area contributed by atoms with Gasteiger partial charge in [0, 0.05) is 5.69 Å². The highest BCUT2D eigenvalue weighted by Gasteiger charge is 2.20. The quantitative estimate of drug-likeness (QED) is 0.480. The van der Waals surface area contributed by atoms with E-state index in [1.165, 1.54) is 44.4 Å². The van der Waals surface area contributed by atoms with Crippen LogP contribution < -0.4 is 10.1 Å². The third kappa shape index (κ3) is 5.68. The maximum Gasteiger partial charge on any atom is 0.349 e. The number of benzene rings is 2. The average Bonchev–Trinajstić information content (AvgIpc) is 2.68. The van der Waals surface area contributed by atoms with Gasteiger partial charge in [-0.2, -0.15) is 5.26 Å². The fraction of sp³-hybridized carbons (Fsp3) is 0.150. The van der Waals surface area contributed by atoms with Crippen LogP contribution in [0.4, 0.5) is 10.1 Å². The molecule has 1 N–H and O–H groups in total. The minimum atomic E-state index is -1.14. The summed E-state index contributed by atoms with van der Waals surface area (Å²) < 4.78 is 23.0. The van der Waals surface area contributed by atoms with E-state index in [4.69, 9.17) is 9.47 Å². The number of hydrogen-bond acceptors (Lipinski definition) is 5. The van der Waals surface area contributed by atoms with Crippen LogP contribution in [0.25, 0.3) is 6.08 Å². The first-order valence-corrected chi connectivity index (χ1v) is 7.96. The summed E-state index contributed by atoms with van der Waals surface area (Å²) in [4.78, 5) is 24.2. The highest BCUT2D eigenvalue weighted by atomic mass is 19.1. The number of esters is 1. The summed E-state index contributed by atoms with van der Waals surface area (Å²) in [7, 11) is 1.53. The van der Waals surface area contributed by atoms with E-state index in [9.17, 15) is 19.2 Å². The van der Waals surface area contributed by atoms with Gasteiger partial charge in [-0.05, 0) is 55.0 Å². The van der Waals surface area contributed by atoms with Crippen molar-refractivity contribution in [3.05, 3.63) is 65.5 Å². The van der Waals surface area contributed by atoms with Gasteiger partial charge in [0.1, 0.15) is 23.2 Å². The first-order valence-electron chi connectivity index (χ1n) is 7.96. The number of nitrogens with one attached hydrogen (secondary N) is 1. The fourth-order valence-corrected chi connectivity index (χ4v) is 2.06. The first kappa shape index (κ1) is 19.7. The van der Waals surface area contributed by atoms with E-state index in [0.29, 0.717) is 17.0 Å². The van der Waals surface area contributed by atoms with Gasteiger partial charge in [0.15, 0.2) is 6.10 Å². The van der Waals surface area contributed by atoms with Crippen molar-refractivity contribution in [1.82, 2.24) is 0 Å². The summed E-state index contributed by atoms with van der Waals surface area (Å²) in [5.74, 6) is -1.32. The molecule has 6 nitrogen and oxygen atoms in total. The van der Waals surface area contributed by atoms with Crippen LogP contribution >= 0.6 is 0 Å². The van der Waals surface area contributed by atoms with Gasteiger partial charge in [0.05, 0.1) is 7.11 Å². The van der Waals surface area contributed by atoms with Crippen molar-refractivity contribution in [1.29, 1.82) is 5.26 Å². The van der Waals surface area contributed by atoms with E-state index in [1.807, 2.05) is 0 Å². The second-order valence-electron chi connectivity index (χ2n) is 5.49. The zero-order chi connectivity index (χ0) is 19.8. The van der Waals surface area contributed by atoms with E-state index < -0.39 is 23.8 Å². The number of methoxy groups -OCH3 is 1. The summed E-state index contributed by atoms with van der Waals surface area (Å²) in [5.41, 5.74) is 0.716. The molecule has 1 unspecified atom stereocenters. The third-order valence-corrected chi connectivity index (χ3v) is 3.53. The van der Waals surface area contributed by atoms with E-state index in [2.05, 4.69) is 5.32 Å². The number of halogens is 1. The van der Waals surface area contributed by atoms with Gasteiger partial charge in [-0.1, -0.05) is 12.1 Å². The molecule has 2 aromatic carbocycles. The van der Waals surface area contributed by atoms with E-state index in [-0.39, 0.29) is 5.57 Å². The summed E-state index contributed by atoms with van der Waals surface area (Å²) >= 11 is 0. The zero-order valence-electron chi connectivity index (χ0n) is 14.7. The summed E-state index contributed by atoms with van der Waals surface area (Å²) in [6.45, 7) is 1.37. The Morgan fingerprint density at radius 3 is 2.33 bits per heavy atom. The molecule has 0 spiro atoms. The van der Waals surface area contributed by atoms with Crippen LogP contribution in [-0.2, 0) is 14.3 Å². The first-order chi connectivity index (χ1) is 12.9. The number of hydrogen-bond donors (Lipinski definition) is 1. The monoisotopic (exact) mass is 368 g/mol. The lowest BCUT2D eigenvalue weighted by molar-refractivity contribution is -0.148. The molecule has 7 heteroatoms. The Hall–Kier alpha value is -3.66. The van der Waals surface area contributed by atoms with Crippen LogP contribution in [0.5, 0.6) is 5.75 Å². The highest BCUT2D eigenvalue weighted by Crippen LogP contribution is 2.15. The Balaban J connectivity index is 2.01. The second-order valence-corrected chi connectivity index (χ2v) is 5.49.